The average Bonchev–Trinajstić information content (AvgIpc) is 3.05. The summed E-state index contributed by atoms with van der Waals surface area (Å²) < 4.78 is 16.5. The van der Waals surface area contributed by atoms with Gasteiger partial charge in [0.05, 0.1) is 18.9 Å². The number of carbonyl (C=O) groups is 4. The summed E-state index contributed by atoms with van der Waals surface area (Å²) in [5.41, 5.74) is -2.68. The molecule has 0 radical (unpaired) electrons. The number of hydrogen-bond donors (Lipinski definition) is 1. The van der Waals surface area contributed by atoms with Gasteiger partial charge in [0.25, 0.3) is 0 Å². The van der Waals surface area contributed by atoms with Crippen molar-refractivity contribution in [3.05, 3.63) is 24.0 Å². The van der Waals surface area contributed by atoms with E-state index >= 15 is 0 Å². The number of ether oxygens (including phenoxy) is 3. The second kappa shape index (κ2) is 9.75. The van der Waals surface area contributed by atoms with Gasteiger partial charge in [-0.15, -0.1) is 4.68 Å². The summed E-state index contributed by atoms with van der Waals surface area (Å²) in [7, 11) is 0. The maximum absolute atomic E-state index is 12.9. The summed E-state index contributed by atoms with van der Waals surface area (Å²) in [6.07, 6.45) is 0.249. The number of carbonyl (C=O) groups excluding carboxylic acids is 4. The van der Waals surface area contributed by atoms with Crippen molar-refractivity contribution in [2.45, 2.75) is 59.1 Å². The molecule has 11 nitrogen and oxygen atoms in total. The summed E-state index contributed by atoms with van der Waals surface area (Å²) in [4.78, 5) is 54.6. The summed E-state index contributed by atoms with van der Waals surface area (Å²) in [5.74, 6) is -2.66. The summed E-state index contributed by atoms with van der Waals surface area (Å²) in [5, 5.41) is 7.03. The van der Waals surface area contributed by atoms with Crippen LogP contribution in [0, 0.1) is 0 Å². The number of esters is 2. The molecule has 0 aliphatic carbocycles. The molecule has 1 N–H and O–H groups in total. The minimum absolute atomic E-state index is 0.0335. The Labute approximate surface area is 185 Å². The topological polar surface area (TPSA) is 139 Å². The van der Waals surface area contributed by atoms with Gasteiger partial charge in [-0.05, 0) is 46.8 Å². The third-order valence-corrected chi connectivity index (χ3v) is 4.16. The van der Waals surface area contributed by atoms with Crippen LogP contribution in [0.4, 0.5) is 4.79 Å². The van der Waals surface area contributed by atoms with Crippen molar-refractivity contribution in [3.63, 3.8) is 0 Å². The number of pyridine rings is 1. The molecule has 1 amide bonds. The van der Waals surface area contributed by atoms with Crippen molar-refractivity contribution in [1.82, 2.24) is 20.1 Å². The van der Waals surface area contributed by atoms with Gasteiger partial charge in [0.15, 0.2) is 5.65 Å². The Morgan fingerprint density at radius 2 is 1.66 bits per heavy atom. The van der Waals surface area contributed by atoms with E-state index in [4.69, 9.17) is 14.2 Å². The molecule has 0 aliphatic rings. The van der Waals surface area contributed by atoms with Crippen LogP contribution in [0.5, 0.6) is 0 Å². The first-order valence-corrected chi connectivity index (χ1v) is 10.1. The average molecular weight is 448 g/mol. The molecular weight excluding hydrogens is 420 g/mol. The van der Waals surface area contributed by atoms with E-state index in [-0.39, 0.29) is 24.6 Å². The van der Waals surface area contributed by atoms with Gasteiger partial charge in [0.2, 0.25) is 11.4 Å². The summed E-state index contributed by atoms with van der Waals surface area (Å²) in [6, 6.07) is 3.24. The van der Waals surface area contributed by atoms with Crippen LogP contribution in [0.25, 0.3) is 11.0 Å². The molecule has 2 aromatic heterocycles. The quantitative estimate of drug-likeness (QED) is 0.381. The van der Waals surface area contributed by atoms with E-state index in [1.807, 2.05) is 0 Å². The SMILES string of the molecule is CCOC(=O)C(Cc1nn(C(=O)OC(C)(C)C)c2ncccc12)(NC(C)=O)C(=O)OCC. The minimum Gasteiger partial charge on any atom is -0.464 e. The Bertz CT molecular complexity index is 1000. The molecule has 0 saturated carbocycles. The molecule has 0 aromatic carbocycles. The zero-order chi connectivity index (χ0) is 24.1. The Kier molecular flexibility index (Phi) is 7.55. The van der Waals surface area contributed by atoms with E-state index in [0.717, 1.165) is 11.6 Å². The first-order chi connectivity index (χ1) is 14.9. The Morgan fingerprint density at radius 1 is 1.06 bits per heavy atom. The van der Waals surface area contributed by atoms with Gasteiger partial charge in [-0.1, -0.05) is 0 Å². The number of hydrogen-bond acceptors (Lipinski definition) is 9. The number of amides is 1. The fourth-order valence-electron chi connectivity index (χ4n) is 3.01. The number of fused-ring (bicyclic) bond motifs is 1. The van der Waals surface area contributed by atoms with Gasteiger partial charge in [0.1, 0.15) is 5.60 Å². The highest BCUT2D eigenvalue weighted by Gasteiger charge is 2.51. The Morgan fingerprint density at radius 3 is 2.16 bits per heavy atom. The lowest BCUT2D eigenvalue weighted by molar-refractivity contribution is -0.168. The van der Waals surface area contributed by atoms with Gasteiger partial charge in [0, 0.05) is 24.9 Å². The van der Waals surface area contributed by atoms with E-state index in [9.17, 15) is 19.2 Å². The monoisotopic (exact) mass is 448 g/mol. The zero-order valence-corrected chi connectivity index (χ0v) is 19.1. The van der Waals surface area contributed by atoms with Crippen molar-refractivity contribution >= 4 is 35.0 Å². The molecule has 32 heavy (non-hydrogen) atoms. The molecule has 0 unspecified atom stereocenters. The maximum Gasteiger partial charge on any atom is 0.437 e. The molecule has 174 valence electrons. The van der Waals surface area contributed by atoms with E-state index in [2.05, 4.69) is 15.4 Å². The van der Waals surface area contributed by atoms with Crippen LogP contribution < -0.4 is 5.32 Å². The lowest BCUT2D eigenvalue weighted by atomic mass is 9.92. The first kappa shape index (κ1) is 24.8. The fourth-order valence-corrected chi connectivity index (χ4v) is 3.01. The van der Waals surface area contributed by atoms with Gasteiger partial charge in [-0.25, -0.2) is 19.4 Å². The number of nitrogens with one attached hydrogen (secondary N) is 1. The molecule has 0 saturated heterocycles. The fraction of sp³-hybridized carbons (Fsp3) is 0.524. The van der Waals surface area contributed by atoms with Crippen molar-refractivity contribution in [2.24, 2.45) is 0 Å². The predicted octanol–water partition coefficient (Wildman–Crippen LogP) is 1.76. The molecule has 2 aromatic rings. The molecule has 2 heterocycles. The standard InChI is InChI=1S/C21H28N4O7/c1-7-30-17(27)21(23-13(3)26,18(28)31-8-2)12-15-14-10-9-11-22-16(14)25(24-15)19(29)32-20(4,5)6/h9-11H,7-8,12H2,1-6H3,(H,23,26). The third-order valence-electron chi connectivity index (χ3n) is 4.16. The summed E-state index contributed by atoms with van der Waals surface area (Å²) in [6.45, 7) is 9.33. The molecule has 0 fully saturated rings. The number of rotatable bonds is 7. The molecule has 2 rings (SSSR count). The smallest absolute Gasteiger partial charge is 0.437 e. The third kappa shape index (κ3) is 5.40. The van der Waals surface area contributed by atoms with Crippen LogP contribution in [0.2, 0.25) is 0 Å². The lowest BCUT2D eigenvalue weighted by Crippen LogP contribution is -2.62. The second-order valence-electron chi connectivity index (χ2n) is 7.92. The van der Waals surface area contributed by atoms with Crippen LogP contribution in [0.15, 0.2) is 18.3 Å². The van der Waals surface area contributed by atoms with Gasteiger partial charge >= 0.3 is 18.0 Å². The van der Waals surface area contributed by atoms with E-state index in [1.165, 1.54) is 6.20 Å². The van der Waals surface area contributed by atoms with Crippen LogP contribution in [-0.4, -0.2) is 63.1 Å². The van der Waals surface area contributed by atoms with E-state index < -0.39 is 41.5 Å². The van der Waals surface area contributed by atoms with Gasteiger partial charge in [-0.2, -0.15) is 5.10 Å². The minimum atomic E-state index is -2.20. The predicted molar refractivity (Wildman–Crippen MR) is 113 cm³/mol. The summed E-state index contributed by atoms with van der Waals surface area (Å²) >= 11 is 0. The lowest BCUT2D eigenvalue weighted by Gasteiger charge is -2.29. The largest absolute Gasteiger partial charge is 0.464 e. The number of nitrogens with zero attached hydrogens (tertiary/aromatic N) is 3. The molecule has 11 heteroatoms. The molecule has 0 atom stereocenters. The number of aromatic nitrogens is 3. The second-order valence-corrected chi connectivity index (χ2v) is 7.92. The van der Waals surface area contributed by atoms with Crippen molar-refractivity contribution in [3.8, 4) is 0 Å². The van der Waals surface area contributed by atoms with Crippen molar-refractivity contribution in [2.75, 3.05) is 13.2 Å². The maximum atomic E-state index is 12.9. The van der Waals surface area contributed by atoms with Crippen molar-refractivity contribution in [1.29, 1.82) is 0 Å². The zero-order valence-electron chi connectivity index (χ0n) is 19.1. The van der Waals surface area contributed by atoms with Crippen molar-refractivity contribution < 1.29 is 33.4 Å². The Balaban J connectivity index is 2.65. The van der Waals surface area contributed by atoms with E-state index in [1.54, 1.807) is 46.8 Å². The Hall–Kier alpha value is -3.50. The van der Waals surface area contributed by atoms with E-state index in [0.29, 0.717) is 5.39 Å². The highest BCUT2D eigenvalue weighted by Crippen LogP contribution is 2.25. The molecule has 0 spiro atoms. The van der Waals surface area contributed by atoms with Crippen LogP contribution in [0.3, 0.4) is 0 Å². The van der Waals surface area contributed by atoms with Crippen LogP contribution in [-0.2, 0) is 35.0 Å². The van der Waals surface area contributed by atoms with Gasteiger partial charge in [-0.3, -0.25) is 4.79 Å². The molecule has 0 bridgehead atoms. The normalized spacial score (nSPS) is 11.7. The highest BCUT2D eigenvalue weighted by atomic mass is 16.6. The molecule has 0 aliphatic heterocycles. The first-order valence-electron chi connectivity index (χ1n) is 10.1. The van der Waals surface area contributed by atoms with Crippen LogP contribution >= 0.6 is 0 Å². The van der Waals surface area contributed by atoms with Crippen LogP contribution in [0.1, 0.15) is 47.2 Å². The highest BCUT2D eigenvalue weighted by molar-refractivity contribution is 6.08. The van der Waals surface area contributed by atoms with Gasteiger partial charge < -0.3 is 19.5 Å². The molecular formula is C21H28N4O7.